The summed E-state index contributed by atoms with van der Waals surface area (Å²) in [7, 11) is 2.56. The first-order valence-electron chi connectivity index (χ1n) is 8.12. The minimum atomic E-state index is -0.551. The first-order chi connectivity index (χ1) is 11.5. The lowest BCUT2D eigenvalue weighted by Gasteiger charge is -2.29. The Kier molecular flexibility index (Phi) is 6.99. The van der Waals surface area contributed by atoms with E-state index in [9.17, 15) is 9.59 Å². The Morgan fingerprint density at radius 3 is 1.76 bits per heavy atom. The summed E-state index contributed by atoms with van der Waals surface area (Å²) >= 11 is 0. The maximum absolute atomic E-state index is 11.8. The van der Waals surface area contributed by atoms with Gasteiger partial charge in [-0.3, -0.25) is 0 Å². The van der Waals surface area contributed by atoms with Crippen molar-refractivity contribution in [3.63, 3.8) is 0 Å². The third-order valence-corrected chi connectivity index (χ3v) is 3.38. The largest absolute Gasteiger partial charge is 0.488 e. The van der Waals surface area contributed by atoms with Crippen molar-refractivity contribution in [3.8, 4) is 5.75 Å². The number of methoxy groups -OCH3 is 2. The summed E-state index contributed by atoms with van der Waals surface area (Å²) in [5.74, 6) is -0.710. The van der Waals surface area contributed by atoms with Gasteiger partial charge in [-0.15, -0.1) is 0 Å². The van der Waals surface area contributed by atoms with Gasteiger partial charge in [0.25, 0.3) is 0 Å². The highest BCUT2D eigenvalue weighted by atomic mass is 16.5. The van der Waals surface area contributed by atoms with Crippen LogP contribution in [0, 0.1) is 0 Å². The second kappa shape index (κ2) is 8.34. The third-order valence-electron chi connectivity index (χ3n) is 3.38. The molecular weight excluding hydrogens is 324 g/mol. The van der Waals surface area contributed by atoms with Crippen LogP contribution in [0.15, 0.2) is 18.2 Å². The van der Waals surface area contributed by atoms with Gasteiger partial charge in [0, 0.05) is 6.42 Å². The molecule has 6 nitrogen and oxygen atoms in total. The molecule has 140 valence electrons. The average molecular weight is 352 g/mol. The van der Waals surface area contributed by atoms with Crippen LogP contribution < -0.4 is 4.74 Å². The maximum Gasteiger partial charge on any atom is 0.338 e. The molecule has 0 bridgehead atoms. The Labute approximate surface area is 149 Å². The maximum atomic E-state index is 11.8. The van der Waals surface area contributed by atoms with E-state index in [2.05, 4.69) is 0 Å². The second-order valence-corrected chi connectivity index (χ2v) is 7.30. The van der Waals surface area contributed by atoms with Crippen LogP contribution in [0.25, 0.3) is 0 Å². The number of ether oxygens (including phenoxy) is 4. The van der Waals surface area contributed by atoms with E-state index in [0.29, 0.717) is 18.8 Å². The molecule has 0 aromatic heterocycles. The highest BCUT2D eigenvalue weighted by Crippen LogP contribution is 2.25. The van der Waals surface area contributed by atoms with Gasteiger partial charge in [0.1, 0.15) is 11.4 Å². The van der Waals surface area contributed by atoms with E-state index < -0.39 is 17.5 Å². The van der Waals surface area contributed by atoms with Crippen molar-refractivity contribution < 1.29 is 28.5 Å². The lowest BCUT2D eigenvalue weighted by Crippen LogP contribution is -2.32. The minimum absolute atomic E-state index is 0.223. The van der Waals surface area contributed by atoms with Gasteiger partial charge >= 0.3 is 11.9 Å². The molecule has 25 heavy (non-hydrogen) atoms. The molecule has 0 saturated carbocycles. The Morgan fingerprint density at radius 1 is 0.880 bits per heavy atom. The number of esters is 2. The first-order valence-corrected chi connectivity index (χ1v) is 8.12. The number of hydrogen-bond donors (Lipinski definition) is 0. The smallest absolute Gasteiger partial charge is 0.338 e. The van der Waals surface area contributed by atoms with Gasteiger partial charge in [-0.25, -0.2) is 9.59 Å². The molecule has 0 saturated heterocycles. The summed E-state index contributed by atoms with van der Waals surface area (Å²) in [5.41, 5.74) is -0.323. The van der Waals surface area contributed by atoms with Crippen molar-refractivity contribution in [1.82, 2.24) is 0 Å². The zero-order valence-electron chi connectivity index (χ0n) is 16.1. The molecule has 0 N–H and O–H groups in total. The van der Waals surface area contributed by atoms with Crippen LogP contribution in [0.3, 0.4) is 0 Å². The van der Waals surface area contributed by atoms with Crippen molar-refractivity contribution in [3.05, 3.63) is 29.3 Å². The molecule has 0 fully saturated rings. The summed E-state index contributed by atoms with van der Waals surface area (Å²) in [6.07, 6.45) is 0.639. The van der Waals surface area contributed by atoms with Crippen LogP contribution in [0.5, 0.6) is 5.75 Å². The van der Waals surface area contributed by atoms with E-state index in [1.165, 1.54) is 20.3 Å². The normalized spacial score (nSPS) is 11.8. The zero-order valence-corrected chi connectivity index (χ0v) is 16.1. The van der Waals surface area contributed by atoms with Crippen LogP contribution in [0.2, 0.25) is 0 Å². The van der Waals surface area contributed by atoms with E-state index in [1.54, 1.807) is 12.1 Å². The van der Waals surface area contributed by atoms with Gasteiger partial charge in [-0.2, -0.15) is 0 Å². The van der Waals surface area contributed by atoms with Crippen LogP contribution in [0.4, 0.5) is 0 Å². The van der Waals surface area contributed by atoms with Gasteiger partial charge < -0.3 is 18.9 Å². The molecule has 0 spiro atoms. The average Bonchev–Trinajstić information content (AvgIpc) is 2.50. The molecule has 0 atom stereocenters. The van der Waals surface area contributed by atoms with E-state index in [-0.39, 0.29) is 16.7 Å². The first kappa shape index (κ1) is 21.0. The lowest BCUT2D eigenvalue weighted by atomic mass is 10.0. The van der Waals surface area contributed by atoms with Crippen molar-refractivity contribution >= 4 is 11.9 Å². The second-order valence-electron chi connectivity index (χ2n) is 7.30. The monoisotopic (exact) mass is 352 g/mol. The summed E-state index contributed by atoms with van der Waals surface area (Å²) in [4.78, 5) is 23.7. The molecule has 0 heterocycles. The SMILES string of the molecule is COC(=O)c1cc(OC(C)(C)CCOC(C)(C)C)cc(C(=O)OC)c1. The Morgan fingerprint density at radius 2 is 1.36 bits per heavy atom. The van der Waals surface area contributed by atoms with Crippen LogP contribution >= 0.6 is 0 Å². The Balaban J connectivity index is 2.98. The fourth-order valence-corrected chi connectivity index (χ4v) is 2.10. The Bertz CT molecular complexity index is 579. The molecule has 0 radical (unpaired) electrons. The molecule has 0 aliphatic heterocycles. The number of benzene rings is 1. The summed E-state index contributed by atoms with van der Waals surface area (Å²) in [6.45, 7) is 10.3. The fourth-order valence-electron chi connectivity index (χ4n) is 2.10. The fraction of sp³-hybridized carbons (Fsp3) is 0.579. The van der Waals surface area contributed by atoms with Crippen LogP contribution in [-0.2, 0) is 14.2 Å². The van der Waals surface area contributed by atoms with Gasteiger partial charge in [-0.1, -0.05) is 0 Å². The van der Waals surface area contributed by atoms with E-state index >= 15 is 0 Å². The summed E-state index contributed by atoms with van der Waals surface area (Å²) in [5, 5.41) is 0. The molecular formula is C19H28O6. The van der Waals surface area contributed by atoms with Crippen molar-refractivity contribution in [2.45, 2.75) is 52.2 Å². The predicted molar refractivity (Wildman–Crippen MR) is 94.2 cm³/mol. The molecule has 1 aromatic rings. The van der Waals surface area contributed by atoms with Gasteiger partial charge in [0.05, 0.1) is 37.6 Å². The number of rotatable bonds is 7. The number of hydrogen-bond acceptors (Lipinski definition) is 6. The number of carbonyl (C=O) groups excluding carboxylic acids is 2. The van der Waals surface area contributed by atoms with Gasteiger partial charge in [0.2, 0.25) is 0 Å². The van der Waals surface area contributed by atoms with E-state index in [1.807, 2.05) is 34.6 Å². The van der Waals surface area contributed by atoms with Gasteiger partial charge in [-0.05, 0) is 52.8 Å². The van der Waals surface area contributed by atoms with Gasteiger partial charge in [0.15, 0.2) is 0 Å². The van der Waals surface area contributed by atoms with Crippen LogP contribution in [-0.4, -0.2) is 44.0 Å². The van der Waals surface area contributed by atoms with Crippen molar-refractivity contribution in [1.29, 1.82) is 0 Å². The summed E-state index contributed by atoms with van der Waals surface area (Å²) < 4.78 is 21.2. The van der Waals surface area contributed by atoms with Crippen molar-refractivity contribution in [2.75, 3.05) is 20.8 Å². The minimum Gasteiger partial charge on any atom is -0.488 e. The number of carbonyl (C=O) groups is 2. The topological polar surface area (TPSA) is 71.1 Å². The molecule has 0 unspecified atom stereocenters. The highest BCUT2D eigenvalue weighted by Gasteiger charge is 2.23. The molecule has 6 heteroatoms. The summed E-state index contributed by atoms with van der Waals surface area (Å²) in [6, 6.07) is 4.51. The quantitative estimate of drug-likeness (QED) is 0.698. The van der Waals surface area contributed by atoms with E-state index in [4.69, 9.17) is 18.9 Å². The molecule has 0 amide bonds. The standard InChI is InChI=1S/C19H28O6/c1-18(2,3)24-9-8-19(4,5)25-15-11-13(16(20)22-6)10-14(12-15)17(21)23-7/h10-12H,8-9H2,1-7H3. The predicted octanol–water partition coefficient (Wildman–Crippen LogP) is 3.62. The zero-order chi connectivity index (χ0) is 19.3. The van der Waals surface area contributed by atoms with Crippen LogP contribution in [0.1, 0.15) is 61.8 Å². The van der Waals surface area contributed by atoms with Crippen molar-refractivity contribution in [2.24, 2.45) is 0 Å². The molecule has 1 rings (SSSR count). The lowest BCUT2D eigenvalue weighted by molar-refractivity contribution is -0.0293. The molecule has 0 aliphatic rings. The molecule has 0 aliphatic carbocycles. The van der Waals surface area contributed by atoms with E-state index in [0.717, 1.165) is 0 Å². The Hall–Kier alpha value is -2.08. The molecule has 1 aromatic carbocycles. The third kappa shape index (κ3) is 7.13. The highest BCUT2D eigenvalue weighted by molar-refractivity contribution is 5.96.